The normalized spacial score (nSPS) is 14.7. The molecule has 3 aromatic rings. The molecular formula is C26H34N4O4. The largest absolute Gasteiger partial charge is 0.443 e. The molecule has 34 heavy (non-hydrogen) atoms. The summed E-state index contributed by atoms with van der Waals surface area (Å²) >= 11 is 0. The highest BCUT2D eigenvalue weighted by molar-refractivity contribution is 5.75. The number of esters is 1. The summed E-state index contributed by atoms with van der Waals surface area (Å²) in [6, 6.07) is 9.46. The maximum absolute atomic E-state index is 13.7. The minimum atomic E-state index is -0.665. The number of aryl methyl sites for hydroxylation is 1. The third kappa shape index (κ3) is 4.58. The van der Waals surface area contributed by atoms with Gasteiger partial charge in [-0.1, -0.05) is 50.1 Å². The number of carbonyl (C=O) groups excluding carboxylic acids is 1. The molecule has 1 aromatic carbocycles. The summed E-state index contributed by atoms with van der Waals surface area (Å²) < 4.78 is 10.3. The summed E-state index contributed by atoms with van der Waals surface area (Å²) in [4.78, 5) is 44.6. The van der Waals surface area contributed by atoms with E-state index in [2.05, 4.69) is 0 Å². The highest BCUT2D eigenvalue weighted by atomic mass is 16.5. The van der Waals surface area contributed by atoms with E-state index in [1.807, 2.05) is 37.3 Å². The van der Waals surface area contributed by atoms with Crippen molar-refractivity contribution >= 4 is 17.1 Å². The Hall–Kier alpha value is -3.16. The molecule has 0 atom stereocenters. The highest BCUT2D eigenvalue weighted by Crippen LogP contribution is 2.34. The van der Waals surface area contributed by atoms with Crippen LogP contribution in [0.15, 0.2) is 39.9 Å². The monoisotopic (exact) mass is 466 g/mol. The molecule has 1 aliphatic rings. The van der Waals surface area contributed by atoms with E-state index in [0.717, 1.165) is 43.5 Å². The molecule has 0 aliphatic heterocycles. The van der Waals surface area contributed by atoms with Gasteiger partial charge in [-0.3, -0.25) is 23.3 Å². The molecule has 8 nitrogen and oxygen atoms in total. The Morgan fingerprint density at radius 3 is 2.35 bits per heavy atom. The zero-order chi connectivity index (χ0) is 24.5. The third-order valence-electron chi connectivity index (χ3n) is 6.43. The van der Waals surface area contributed by atoms with Gasteiger partial charge >= 0.3 is 11.7 Å². The van der Waals surface area contributed by atoms with Crippen LogP contribution < -0.4 is 11.2 Å². The molecule has 0 bridgehead atoms. The Balaban J connectivity index is 1.92. The van der Waals surface area contributed by atoms with Gasteiger partial charge in [-0.25, -0.2) is 9.78 Å². The molecule has 0 spiro atoms. The molecule has 1 aliphatic carbocycles. The molecule has 0 amide bonds. The van der Waals surface area contributed by atoms with Crippen molar-refractivity contribution in [1.82, 2.24) is 18.7 Å². The molecule has 4 rings (SSSR count). The molecule has 2 aromatic heterocycles. The Labute approximate surface area is 199 Å². The highest BCUT2D eigenvalue weighted by Gasteiger charge is 2.29. The molecule has 1 fully saturated rings. The first-order chi connectivity index (χ1) is 16.2. The van der Waals surface area contributed by atoms with Gasteiger partial charge in [0.2, 0.25) is 0 Å². The first-order valence-corrected chi connectivity index (χ1v) is 12.2. The number of nitrogens with zero attached hydrogens (tertiary/aromatic N) is 4. The van der Waals surface area contributed by atoms with Gasteiger partial charge in [0.1, 0.15) is 5.82 Å². The molecule has 0 unspecified atom stereocenters. The van der Waals surface area contributed by atoms with Gasteiger partial charge in [0.25, 0.3) is 5.56 Å². The van der Waals surface area contributed by atoms with Crippen LogP contribution in [0.25, 0.3) is 11.2 Å². The molecule has 1 saturated carbocycles. The number of imidazole rings is 1. The zero-order valence-corrected chi connectivity index (χ0v) is 20.5. The number of ether oxygens (including phenoxy) is 1. The number of hydrogen-bond donors (Lipinski definition) is 0. The first kappa shape index (κ1) is 24.0. The van der Waals surface area contributed by atoms with Crippen LogP contribution in [0.4, 0.5) is 0 Å². The summed E-state index contributed by atoms with van der Waals surface area (Å²) in [7, 11) is 0. The van der Waals surface area contributed by atoms with Crippen LogP contribution in [-0.4, -0.2) is 24.7 Å². The van der Waals surface area contributed by atoms with Crippen LogP contribution >= 0.6 is 0 Å². The lowest BCUT2D eigenvalue weighted by molar-refractivity contribution is -0.156. The predicted octanol–water partition coefficient (Wildman–Crippen LogP) is 4.02. The lowest BCUT2D eigenvalue weighted by atomic mass is 9.98. The first-order valence-electron chi connectivity index (χ1n) is 12.2. The van der Waals surface area contributed by atoms with E-state index in [-0.39, 0.29) is 30.9 Å². The van der Waals surface area contributed by atoms with Crippen molar-refractivity contribution in [2.75, 3.05) is 0 Å². The zero-order valence-electron chi connectivity index (χ0n) is 20.5. The maximum Gasteiger partial charge on any atom is 0.333 e. The lowest BCUT2D eigenvalue weighted by Gasteiger charge is -2.19. The Morgan fingerprint density at radius 2 is 1.74 bits per heavy atom. The number of benzene rings is 1. The summed E-state index contributed by atoms with van der Waals surface area (Å²) in [6.07, 6.45) is 4.84. The van der Waals surface area contributed by atoms with Gasteiger partial charge in [0.05, 0.1) is 12.0 Å². The van der Waals surface area contributed by atoms with Crippen LogP contribution in [-0.2, 0) is 29.4 Å². The summed E-state index contributed by atoms with van der Waals surface area (Å²) in [5.41, 5.74) is 0.145. The molecule has 8 heteroatoms. The summed E-state index contributed by atoms with van der Waals surface area (Å²) in [5.74, 6) is 0.555. The third-order valence-corrected chi connectivity index (χ3v) is 6.43. The standard InChI is InChI=1S/C26H34N4O4/c1-5-15-28-22-20(23(31)29(25(28)33)16-18-11-7-6-8-12-18)30(17-34-24(32)26(2,3)4)21(27-22)19-13-9-10-14-19/h6-8,11-12,19H,5,9-10,13-17H2,1-4H3. The van der Waals surface area contributed by atoms with Crippen molar-refractivity contribution in [1.29, 1.82) is 0 Å². The topological polar surface area (TPSA) is 88.1 Å². The summed E-state index contributed by atoms with van der Waals surface area (Å²) in [6.45, 7) is 7.91. The van der Waals surface area contributed by atoms with Crippen LogP contribution in [0.1, 0.15) is 77.1 Å². The molecule has 0 N–H and O–H groups in total. The van der Waals surface area contributed by atoms with Crippen molar-refractivity contribution < 1.29 is 9.53 Å². The van der Waals surface area contributed by atoms with Crippen molar-refractivity contribution in [2.24, 2.45) is 5.41 Å². The van der Waals surface area contributed by atoms with E-state index in [0.29, 0.717) is 17.7 Å². The molecule has 182 valence electrons. The smallest absolute Gasteiger partial charge is 0.333 e. The Bertz CT molecular complexity index is 1290. The van der Waals surface area contributed by atoms with Crippen LogP contribution in [0.3, 0.4) is 0 Å². The average Bonchev–Trinajstić information content (AvgIpc) is 3.46. The van der Waals surface area contributed by atoms with Gasteiger partial charge in [0.15, 0.2) is 17.9 Å². The maximum atomic E-state index is 13.7. The van der Waals surface area contributed by atoms with Gasteiger partial charge in [0, 0.05) is 12.5 Å². The fourth-order valence-corrected chi connectivity index (χ4v) is 4.60. The fourth-order valence-electron chi connectivity index (χ4n) is 4.60. The van der Waals surface area contributed by atoms with Gasteiger partial charge < -0.3 is 4.74 Å². The van der Waals surface area contributed by atoms with Gasteiger partial charge in [-0.05, 0) is 45.6 Å². The van der Waals surface area contributed by atoms with Gasteiger partial charge in [-0.15, -0.1) is 0 Å². The van der Waals surface area contributed by atoms with E-state index in [1.54, 1.807) is 29.9 Å². The number of aromatic nitrogens is 4. The van der Waals surface area contributed by atoms with Crippen molar-refractivity contribution in [2.45, 2.75) is 85.5 Å². The number of rotatable bonds is 7. The molecule has 0 radical (unpaired) electrons. The molecule has 0 saturated heterocycles. The van der Waals surface area contributed by atoms with E-state index >= 15 is 0 Å². The van der Waals surface area contributed by atoms with Crippen molar-refractivity contribution in [3.8, 4) is 0 Å². The number of carbonyl (C=O) groups is 1. The quantitative estimate of drug-likeness (QED) is 0.491. The van der Waals surface area contributed by atoms with Crippen molar-refractivity contribution in [3.63, 3.8) is 0 Å². The minimum absolute atomic E-state index is 0.0939. The van der Waals surface area contributed by atoms with Gasteiger partial charge in [-0.2, -0.15) is 0 Å². The second-order valence-electron chi connectivity index (χ2n) is 10.2. The fraction of sp³-hybridized carbons (Fsp3) is 0.538. The Morgan fingerprint density at radius 1 is 1.06 bits per heavy atom. The second-order valence-corrected chi connectivity index (χ2v) is 10.2. The van der Waals surface area contributed by atoms with Crippen LogP contribution in [0.5, 0.6) is 0 Å². The second kappa shape index (κ2) is 9.60. The molecule has 2 heterocycles. The molecular weight excluding hydrogens is 432 g/mol. The van der Waals surface area contributed by atoms with Crippen LogP contribution in [0, 0.1) is 5.41 Å². The van der Waals surface area contributed by atoms with E-state index < -0.39 is 11.0 Å². The van der Waals surface area contributed by atoms with Crippen LogP contribution in [0.2, 0.25) is 0 Å². The average molecular weight is 467 g/mol. The lowest BCUT2D eigenvalue weighted by Crippen LogP contribution is -2.41. The van der Waals surface area contributed by atoms with Crippen molar-refractivity contribution in [3.05, 3.63) is 62.6 Å². The van der Waals surface area contributed by atoms with E-state index in [1.165, 1.54) is 4.57 Å². The minimum Gasteiger partial charge on any atom is -0.443 e. The predicted molar refractivity (Wildman–Crippen MR) is 131 cm³/mol. The van der Waals surface area contributed by atoms with E-state index in [4.69, 9.17) is 9.72 Å². The number of fused-ring (bicyclic) bond motifs is 1. The Kier molecular flexibility index (Phi) is 6.77. The SMILES string of the molecule is CCCn1c(=O)n(Cc2ccccc2)c(=O)c2c1nc(C1CCCC1)n2COC(=O)C(C)(C)C. The summed E-state index contributed by atoms with van der Waals surface area (Å²) in [5, 5.41) is 0. The van der Waals surface area contributed by atoms with E-state index in [9.17, 15) is 14.4 Å². The number of hydrogen-bond acceptors (Lipinski definition) is 5.